The number of hydrazone groups is 1. The zero-order valence-electron chi connectivity index (χ0n) is 18.6. The van der Waals surface area contributed by atoms with Crippen LogP contribution in [0.1, 0.15) is 48.9 Å². The standard InChI is InChI=1S/C30H28N2/c1-22(2)23-13-19-27(20-14-23)30-21-29(31-32(30)28-11-7-4-8-12-28)26-17-15-25(16-18-26)24-9-5-3-6-10-24/h3-20,22,30H,21H2,1-2H3/t30-/m0/s1. The third-order valence-corrected chi connectivity index (χ3v) is 6.24. The van der Waals surface area contributed by atoms with Crippen LogP contribution in [-0.2, 0) is 0 Å². The Bertz CT molecular complexity index is 1190. The first-order chi connectivity index (χ1) is 15.7. The number of hydrogen-bond donors (Lipinski definition) is 0. The molecule has 0 fully saturated rings. The van der Waals surface area contributed by atoms with E-state index < -0.39 is 0 Å². The monoisotopic (exact) mass is 416 g/mol. The first-order valence-corrected chi connectivity index (χ1v) is 11.4. The van der Waals surface area contributed by atoms with Gasteiger partial charge in [0, 0.05) is 6.42 Å². The largest absolute Gasteiger partial charge is 0.257 e. The molecule has 0 aromatic heterocycles. The maximum Gasteiger partial charge on any atom is 0.0831 e. The van der Waals surface area contributed by atoms with Gasteiger partial charge < -0.3 is 0 Å². The smallest absolute Gasteiger partial charge is 0.0831 e. The molecule has 0 aliphatic carbocycles. The zero-order valence-corrected chi connectivity index (χ0v) is 18.6. The summed E-state index contributed by atoms with van der Waals surface area (Å²) in [5, 5.41) is 7.28. The number of anilines is 1. The molecule has 0 saturated carbocycles. The summed E-state index contributed by atoms with van der Waals surface area (Å²) in [7, 11) is 0. The summed E-state index contributed by atoms with van der Waals surface area (Å²) in [6.45, 7) is 4.47. The highest BCUT2D eigenvalue weighted by molar-refractivity contribution is 6.03. The van der Waals surface area contributed by atoms with Gasteiger partial charge in [0.25, 0.3) is 0 Å². The molecule has 0 saturated heterocycles. The van der Waals surface area contributed by atoms with Crippen LogP contribution in [0.3, 0.4) is 0 Å². The lowest BCUT2D eigenvalue weighted by Crippen LogP contribution is -2.18. The Hall–Kier alpha value is -3.65. The first-order valence-electron chi connectivity index (χ1n) is 11.4. The fraction of sp³-hybridized carbons (Fsp3) is 0.167. The SMILES string of the molecule is CC(C)c1ccc([C@@H]2CC(c3ccc(-c4ccccc4)cc3)=NN2c2ccccc2)cc1. The second-order valence-electron chi connectivity index (χ2n) is 8.71. The van der Waals surface area contributed by atoms with E-state index in [-0.39, 0.29) is 6.04 Å². The molecule has 0 radical (unpaired) electrons. The number of hydrogen-bond acceptors (Lipinski definition) is 2. The Kier molecular flexibility index (Phi) is 5.60. The molecule has 32 heavy (non-hydrogen) atoms. The van der Waals surface area contributed by atoms with Crippen LogP contribution < -0.4 is 5.01 Å². The molecular formula is C30H28N2. The molecule has 4 aromatic rings. The summed E-state index contributed by atoms with van der Waals surface area (Å²) in [5.41, 5.74) is 8.59. The first kappa shape index (κ1) is 20.3. The normalized spacial score (nSPS) is 15.8. The Labute approximate surface area is 190 Å². The summed E-state index contributed by atoms with van der Waals surface area (Å²) in [6, 6.07) is 39.1. The molecule has 5 rings (SSSR count). The highest BCUT2D eigenvalue weighted by Crippen LogP contribution is 2.37. The molecule has 1 aliphatic rings. The number of para-hydroxylation sites is 1. The van der Waals surface area contributed by atoms with E-state index in [1.807, 2.05) is 0 Å². The summed E-state index contributed by atoms with van der Waals surface area (Å²) in [6.07, 6.45) is 0.889. The molecule has 1 heterocycles. The van der Waals surface area contributed by atoms with Crippen LogP contribution in [0, 0.1) is 0 Å². The van der Waals surface area contributed by atoms with E-state index in [1.165, 1.54) is 27.8 Å². The summed E-state index contributed by atoms with van der Waals surface area (Å²) < 4.78 is 0. The molecule has 4 aromatic carbocycles. The van der Waals surface area contributed by atoms with E-state index in [9.17, 15) is 0 Å². The van der Waals surface area contributed by atoms with Crippen molar-refractivity contribution in [3.63, 3.8) is 0 Å². The number of nitrogens with zero attached hydrogens (tertiary/aromatic N) is 2. The van der Waals surface area contributed by atoms with Gasteiger partial charge in [-0.05, 0) is 45.9 Å². The van der Waals surface area contributed by atoms with Crippen molar-refractivity contribution in [2.75, 3.05) is 5.01 Å². The molecular weight excluding hydrogens is 388 g/mol. The Balaban J connectivity index is 1.47. The molecule has 1 atom stereocenters. The van der Waals surface area contributed by atoms with Crippen LogP contribution in [0.15, 0.2) is 114 Å². The second kappa shape index (κ2) is 8.84. The third kappa shape index (κ3) is 4.09. The zero-order chi connectivity index (χ0) is 21.9. The molecule has 2 heteroatoms. The molecule has 0 amide bonds. The van der Waals surface area contributed by atoms with Crippen molar-refractivity contribution < 1.29 is 0 Å². The van der Waals surface area contributed by atoms with Gasteiger partial charge in [-0.15, -0.1) is 0 Å². The lowest BCUT2D eigenvalue weighted by molar-refractivity contribution is 0.707. The molecule has 2 nitrogen and oxygen atoms in total. The van der Waals surface area contributed by atoms with Crippen LogP contribution in [-0.4, -0.2) is 5.71 Å². The van der Waals surface area contributed by atoms with Crippen molar-refractivity contribution >= 4 is 11.4 Å². The van der Waals surface area contributed by atoms with Gasteiger partial charge in [0.15, 0.2) is 0 Å². The Morgan fingerprint density at radius 1 is 0.656 bits per heavy atom. The Morgan fingerprint density at radius 2 is 1.22 bits per heavy atom. The van der Waals surface area contributed by atoms with Gasteiger partial charge in [-0.3, -0.25) is 5.01 Å². The average Bonchev–Trinajstić information content (AvgIpc) is 3.31. The van der Waals surface area contributed by atoms with E-state index in [4.69, 9.17) is 5.10 Å². The molecule has 0 N–H and O–H groups in total. The van der Waals surface area contributed by atoms with Gasteiger partial charge in [-0.1, -0.05) is 111 Å². The maximum absolute atomic E-state index is 5.10. The van der Waals surface area contributed by atoms with E-state index in [1.54, 1.807) is 0 Å². The average molecular weight is 417 g/mol. The minimum absolute atomic E-state index is 0.197. The minimum Gasteiger partial charge on any atom is -0.257 e. The van der Waals surface area contributed by atoms with Gasteiger partial charge in [-0.25, -0.2) is 0 Å². The number of benzene rings is 4. The van der Waals surface area contributed by atoms with Crippen molar-refractivity contribution in [1.29, 1.82) is 0 Å². The van der Waals surface area contributed by atoms with E-state index in [2.05, 4.69) is 128 Å². The van der Waals surface area contributed by atoms with Crippen LogP contribution in [0.4, 0.5) is 5.69 Å². The molecule has 0 bridgehead atoms. The van der Waals surface area contributed by atoms with Gasteiger partial charge >= 0.3 is 0 Å². The van der Waals surface area contributed by atoms with E-state index in [0.717, 1.165) is 17.8 Å². The van der Waals surface area contributed by atoms with E-state index in [0.29, 0.717) is 5.92 Å². The van der Waals surface area contributed by atoms with Gasteiger partial charge in [0.05, 0.1) is 17.4 Å². The van der Waals surface area contributed by atoms with Crippen LogP contribution in [0.5, 0.6) is 0 Å². The number of rotatable bonds is 5. The molecule has 0 unspecified atom stereocenters. The lowest BCUT2D eigenvalue weighted by Gasteiger charge is -2.24. The van der Waals surface area contributed by atoms with E-state index >= 15 is 0 Å². The quantitative estimate of drug-likeness (QED) is 0.324. The van der Waals surface area contributed by atoms with Gasteiger partial charge in [-0.2, -0.15) is 5.10 Å². The summed E-state index contributed by atoms with van der Waals surface area (Å²) >= 11 is 0. The minimum atomic E-state index is 0.197. The molecule has 158 valence electrons. The highest BCUT2D eigenvalue weighted by Gasteiger charge is 2.29. The highest BCUT2D eigenvalue weighted by atomic mass is 15.5. The predicted octanol–water partition coefficient (Wildman–Crippen LogP) is 7.83. The van der Waals surface area contributed by atoms with Crippen molar-refractivity contribution in [3.05, 3.63) is 126 Å². The Morgan fingerprint density at radius 3 is 1.84 bits per heavy atom. The van der Waals surface area contributed by atoms with Crippen LogP contribution in [0.25, 0.3) is 11.1 Å². The van der Waals surface area contributed by atoms with Crippen LogP contribution >= 0.6 is 0 Å². The summed E-state index contributed by atoms with van der Waals surface area (Å²) in [4.78, 5) is 0. The van der Waals surface area contributed by atoms with Crippen LogP contribution in [0.2, 0.25) is 0 Å². The summed E-state index contributed by atoms with van der Waals surface area (Å²) in [5.74, 6) is 0.535. The lowest BCUT2D eigenvalue weighted by atomic mass is 9.94. The van der Waals surface area contributed by atoms with Crippen molar-refractivity contribution in [3.8, 4) is 11.1 Å². The fourth-order valence-corrected chi connectivity index (χ4v) is 4.35. The predicted molar refractivity (Wildman–Crippen MR) is 135 cm³/mol. The third-order valence-electron chi connectivity index (χ3n) is 6.24. The topological polar surface area (TPSA) is 15.6 Å². The fourth-order valence-electron chi connectivity index (χ4n) is 4.35. The van der Waals surface area contributed by atoms with Gasteiger partial charge in [0.2, 0.25) is 0 Å². The van der Waals surface area contributed by atoms with Crippen molar-refractivity contribution in [2.45, 2.75) is 32.2 Å². The molecule has 1 aliphatic heterocycles. The molecule has 0 spiro atoms. The van der Waals surface area contributed by atoms with Crippen molar-refractivity contribution in [2.24, 2.45) is 5.10 Å². The second-order valence-corrected chi connectivity index (χ2v) is 8.71. The van der Waals surface area contributed by atoms with Crippen molar-refractivity contribution in [1.82, 2.24) is 0 Å². The van der Waals surface area contributed by atoms with Gasteiger partial charge in [0.1, 0.15) is 0 Å². The maximum atomic E-state index is 5.10.